The fraction of sp³-hybridized carbons (Fsp3) is 0.333. The van der Waals surface area contributed by atoms with E-state index in [2.05, 4.69) is 93.5 Å². The molecule has 0 unspecified atom stereocenters. The number of pyridine rings is 1. The Morgan fingerprint density at radius 2 is 1.71 bits per heavy atom. The predicted molar refractivity (Wildman–Crippen MR) is 163 cm³/mol. The first-order valence-corrected chi connectivity index (χ1v) is 14.5. The highest BCUT2D eigenvalue weighted by molar-refractivity contribution is 5.80. The summed E-state index contributed by atoms with van der Waals surface area (Å²) in [5, 5.41) is 14.0. The Morgan fingerprint density at radius 3 is 2.49 bits per heavy atom. The maximum atomic E-state index is 13.7. The van der Waals surface area contributed by atoms with Gasteiger partial charge in [-0.15, -0.1) is 5.10 Å². The molecule has 0 saturated carbocycles. The Kier molecular flexibility index (Phi) is 7.65. The van der Waals surface area contributed by atoms with E-state index in [1.165, 1.54) is 27.9 Å². The van der Waals surface area contributed by atoms with Gasteiger partial charge in [-0.05, 0) is 89.0 Å². The number of fused-ring (bicyclic) bond motifs is 1. The highest BCUT2D eigenvalue weighted by Gasteiger charge is 2.33. The molecule has 8 heteroatoms. The van der Waals surface area contributed by atoms with Gasteiger partial charge in [-0.2, -0.15) is 0 Å². The van der Waals surface area contributed by atoms with Gasteiger partial charge < -0.3 is 9.88 Å². The van der Waals surface area contributed by atoms with Gasteiger partial charge in [0, 0.05) is 49.5 Å². The van der Waals surface area contributed by atoms with Crippen LogP contribution in [0.3, 0.4) is 0 Å². The molecule has 1 saturated heterocycles. The number of nitrogens with one attached hydrogen (secondary N) is 1. The van der Waals surface area contributed by atoms with E-state index in [1.54, 1.807) is 0 Å². The van der Waals surface area contributed by atoms with Crippen LogP contribution in [0.2, 0.25) is 0 Å². The van der Waals surface area contributed by atoms with Gasteiger partial charge in [0.25, 0.3) is 5.56 Å². The molecule has 0 amide bonds. The van der Waals surface area contributed by atoms with Crippen LogP contribution in [-0.4, -0.2) is 56.3 Å². The molecule has 0 aliphatic carbocycles. The molecule has 5 aromatic rings. The molecule has 1 N–H and O–H groups in total. The van der Waals surface area contributed by atoms with Gasteiger partial charge in [-0.1, -0.05) is 55.5 Å². The lowest BCUT2D eigenvalue weighted by Gasteiger charge is -2.40. The second kappa shape index (κ2) is 11.7. The first-order chi connectivity index (χ1) is 20.0. The molecular formula is C33H37N7O. The number of aryl methyl sites for hydroxylation is 4. The Morgan fingerprint density at radius 1 is 0.902 bits per heavy atom. The van der Waals surface area contributed by atoms with Gasteiger partial charge in [0.1, 0.15) is 6.04 Å². The minimum Gasteiger partial charge on any atom is -0.369 e. The summed E-state index contributed by atoms with van der Waals surface area (Å²) in [5.41, 5.74) is 7.80. The standard InChI is InChI=1S/C33H37N7O/c1-4-25-13-14-29-27(21-25)22-28(33(41)34-29)31(32-35-36-37-40(32)16-15-26-10-6-5-7-11-26)39-19-17-38(18-20-39)30-12-8-9-23(2)24(30)3/h5-14,21-22,31H,4,15-20H2,1-3H3,(H,34,41)/t31-/m1/s1. The Labute approximate surface area is 240 Å². The Hall–Kier alpha value is -4.30. The zero-order valence-electron chi connectivity index (χ0n) is 24.0. The van der Waals surface area contributed by atoms with Crippen molar-refractivity contribution in [3.63, 3.8) is 0 Å². The molecular weight excluding hydrogens is 510 g/mol. The number of benzene rings is 3. The number of hydrogen-bond acceptors (Lipinski definition) is 6. The van der Waals surface area contributed by atoms with Crippen molar-refractivity contribution in [1.82, 2.24) is 30.1 Å². The van der Waals surface area contributed by atoms with Crippen LogP contribution >= 0.6 is 0 Å². The summed E-state index contributed by atoms with van der Waals surface area (Å²) in [6.07, 6.45) is 1.74. The van der Waals surface area contributed by atoms with Crippen LogP contribution in [-0.2, 0) is 19.4 Å². The van der Waals surface area contributed by atoms with E-state index in [9.17, 15) is 4.79 Å². The van der Waals surface area contributed by atoms with Crippen molar-refractivity contribution >= 4 is 16.6 Å². The largest absolute Gasteiger partial charge is 0.369 e. The van der Waals surface area contributed by atoms with Gasteiger partial charge in [0.05, 0.1) is 0 Å². The number of H-pyrrole nitrogens is 1. The lowest BCUT2D eigenvalue weighted by molar-refractivity contribution is 0.199. The van der Waals surface area contributed by atoms with Crippen LogP contribution in [0.25, 0.3) is 10.9 Å². The lowest BCUT2D eigenvalue weighted by atomic mass is 10.0. The smallest absolute Gasteiger partial charge is 0.253 e. The molecule has 41 heavy (non-hydrogen) atoms. The summed E-state index contributed by atoms with van der Waals surface area (Å²) in [6.45, 7) is 10.4. The lowest BCUT2D eigenvalue weighted by Crippen LogP contribution is -2.49. The monoisotopic (exact) mass is 547 g/mol. The maximum Gasteiger partial charge on any atom is 0.253 e. The molecule has 1 aliphatic rings. The van der Waals surface area contributed by atoms with Crippen LogP contribution in [0.5, 0.6) is 0 Å². The Balaban J connectivity index is 1.36. The van der Waals surface area contributed by atoms with Crippen molar-refractivity contribution in [2.75, 3.05) is 31.1 Å². The normalized spacial score (nSPS) is 15.0. The number of piperazine rings is 1. The second-order valence-corrected chi connectivity index (χ2v) is 11.0. The number of rotatable bonds is 8. The number of nitrogens with zero attached hydrogens (tertiary/aromatic N) is 6. The van der Waals surface area contributed by atoms with Crippen LogP contribution in [0, 0.1) is 13.8 Å². The Bertz CT molecular complexity index is 1700. The number of aromatic nitrogens is 5. The van der Waals surface area contributed by atoms with Crippen LogP contribution in [0.1, 0.15) is 46.6 Å². The first kappa shape index (κ1) is 26.9. The fourth-order valence-electron chi connectivity index (χ4n) is 5.94. The SMILES string of the molecule is CCc1ccc2[nH]c(=O)c([C@H](c3nnnn3CCc3ccccc3)N3CCN(c4cccc(C)c4C)CC3)cc2c1. The van der Waals surface area contributed by atoms with Crippen molar-refractivity contribution in [2.24, 2.45) is 0 Å². The summed E-state index contributed by atoms with van der Waals surface area (Å²) >= 11 is 0. The molecule has 6 rings (SSSR count). The van der Waals surface area contributed by atoms with E-state index >= 15 is 0 Å². The van der Waals surface area contributed by atoms with Crippen molar-refractivity contribution in [3.8, 4) is 0 Å². The van der Waals surface area contributed by atoms with Crippen LogP contribution in [0.4, 0.5) is 5.69 Å². The number of tetrazole rings is 1. The van der Waals surface area contributed by atoms with E-state index in [0.717, 1.165) is 49.9 Å². The molecule has 1 atom stereocenters. The number of hydrogen-bond donors (Lipinski definition) is 1. The van der Waals surface area contributed by atoms with Crippen molar-refractivity contribution in [1.29, 1.82) is 0 Å². The summed E-state index contributed by atoms with van der Waals surface area (Å²) in [7, 11) is 0. The van der Waals surface area contributed by atoms with E-state index in [1.807, 2.05) is 35.0 Å². The summed E-state index contributed by atoms with van der Waals surface area (Å²) in [6, 6.07) is 24.8. The molecule has 0 radical (unpaired) electrons. The maximum absolute atomic E-state index is 13.7. The fourth-order valence-corrected chi connectivity index (χ4v) is 5.94. The number of anilines is 1. The molecule has 0 bridgehead atoms. The molecule has 2 aromatic heterocycles. The third-order valence-corrected chi connectivity index (χ3v) is 8.50. The van der Waals surface area contributed by atoms with E-state index in [-0.39, 0.29) is 11.6 Å². The minimum absolute atomic E-state index is 0.0960. The van der Waals surface area contributed by atoms with Gasteiger partial charge >= 0.3 is 0 Å². The third-order valence-electron chi connectivity index (χ3n) is 8.50. The van der Waals surface area contributed by atoms with Gasteiger partial charge in [0.2, 0.25) is 0 Å². The molecule has 1 fully saturated rings. The van der Waals surface area contributed by atoms with E-state index in [0.29, 0.717) is 17.9 Å². The van der Waals surface area contributed by atoms with Crippen molar-refractivity contribution < 1.29 is 0 Å². The van der Waals surface area contributed by atoms with Gasteiger partial charge in [-0.3, -0.25) is 9.69 Å². The quantitative estimate of drug-likeness (QED) is 0.299. The highest BCUT2D eigenvalue weighted by Crippen LogP contribution is 2.30. The van der Waals surface area contributed by atoms with E-state index < -0.39 is 0 Å². The molecule has 3 heterocycles. The molecule has 1 aliphatic heterocycles. The molecule has 3 aromatic carbocycles. The molecule has 0 spiro atoms. The molecule has 210 valence electrons. The zero-order chi connectivity index (χ0) is 28.3. The topological polar surface area (TPSA) is 82.9 Å². The van der Waals surface area contributed by atoms with Crippen LogP contribution < -0.4 is 10.5 Å². The summed E-state index contributed by atoms with van der Waals surface area (Å²) in [5.74, 6) is 0.706. The van der Waals surface area contributed by atoms with Gasteiger partial charge in [0.15, 0.2) is 5.82 Å². The van der Waals surface area contributed by atoms with Crippen molar-refractivity contribution in [2.45, 2.75) is 46.2 Å². The summed E-state index contributed by atoms with van der Waals surface area (Å²) in [4.78, 5) is 21.6. The minimum atomic E-state index is -0.361. The molecule has 8 nitrogen and oxygen atoms in total. The van der Waals surface area contributed by atoms with Crippen molar-refractivity contribution in [3.05, 3.63) is 117 Å². The van der Waals surface area contributed by atoms with E-state index in [4.69, 9.17) is 0 Å². The number of aromatic amines is 1. The third kappa shape index (κ3) is 5.52. The second-order valence-electron chi connectivity index (χ2n) is 11.0. The highest BCUT2D eigenvalue weighted by atomic mass is 16.1. The zero-order valence-corrected chi connectivity index (χ0v) is 24.0. The average Bonchev–Trinajstić information content (AvgIpc) is 3.46. The predicted octanol–water partition coefficient (Wildman–Crippen LogP) is 4.85. The summed E-state index contributed by atoms with van der Waals surface area (Å²) < 4.78 is 1.88. The van der Waals surface area contributed by atoms with Crippen LogP contribution in [0.15, 0.2) is 77.6 Å². The van der Waals surface area contributed by atoms with Gasteiger partial charge in [-0.25, -0.2) is 4.68 Å². The average molecular weight is 548 g/mol. The first-order valence-electron chi connectivity index (χ1n) is 14.5.